The Labute approximate surface area is 795 Å². The molecule has 134 heavy (non-hydrogen) atoms. The van der Waals surface area contributed by atoms with Gasteiger partial charge in [0.15, 0.2) is 0 Å². The Bertz CT molecular complexity index is 7010. The molecule has 0 saturated carbocycles. The van der Waals surface area contributed by atoms with Crippen molar-refractivity contribution >= 4 is 101 Å². The van der Waals surface area contributed by atoms with E-state index in [2.05, 4.69) is 510 Å². The van der Waals surface area contributed by atoms with Crippen molar-refractivity contribution in [1.29, 1.82) is 0 Å². The molecule has 0 spiro atoms. The highest BCUT2D eigenvalue weighted by atomic mass is 16.3. The highest BCUT2D eigenvalue weighted by Gasteiger charge is 2.48. The van der Waals surface area contributed by atoms with Crippen LogP contribution in [0.1, 0.15) is 174 Å². The average Bonchev–Trinajstić information content (AvgIpc) is 1.59. The molecule has 0 fully saturated rings. The van der Waals surface area contributed by atoms with Gasteiger partial charge < -0.3 is 57.2 Å². The standard InChI is InChI=1S/C31H29N3O.C29H33N3O.C29H29N3.C27H25N3.4CH4/c1-20(2)29-22(4)33(27-19-26-25-16-11-17-32-30(25)35-28(26)18-21(27)3)31(23-12-7-5-8-13-23)34(29)24-14-9-6-10-15-24;1-18(2)26-20(4)31(28(29(5,6)7)32(26)21-12-9-8-10-13-21)24-17-23-22-14-11-15-30-27(22)33-25(23)16-19(24)3;1-21-13-11-14-22(2)27(21)29-31(26-19-12-20-30(26)4)23(3)28(24-15-7-5-8-16-24)32(29)25-17-9-6-10-18-25;1-21-26(22-13-6-3-7-14-22)30(24-17-10-5-11-18-24)27(23-15-8-4-9-16-23)29(21)25-19-12-20-28(25)2;;;;/h5-20,31H,1-4H3;8-18,28H,1-7H3;5-20,29H,1-4H3;3-20,27H,1-2H3;4*1H4. The SMILES string of the molecule is C.C.C.C.CC1=C(C(C)C)N(c2ccccc2)C(C(C)(C)C)N1c1cc2c(cc1C)oc1ncccc12.CC1=C(C(C)C)N(c2ccccc2)C(c2ccccc2)N1c1cc2c(cc1C)oc1ncccc12.CC1=C(c2ccccc2)N(c2ccccc2)C(c2c(C)cccc2C)N1c1cccn1C.CC1=C(c2ccccc2)N(c2ccccc2)C(c2ccccc2)N1c1cccn1C. The summed E-state index contributed by atoms with van der Waals surface area (Å²) in [5, 5.41) is 4.32. The number of aryl methyl sites for hydroxylation is 6. The summed E-state index contributed by atoms with van der Waals surface area (Å²) in [5.74, 6) is 3.10. The van der Waals surface area contributed by atoms with Crippen molar-refractivity contribution in [3.63, 3.8) is 0 Å². The summed E-state index contributed by atoms with van der Waals surface area (Å²) >= 11 is 0. The lowest BCUT2D eigenvalue weighted by atomic mass is 9.89. The summed E-state index contributed by atoms with van der Waals surface area (Å²) in [6.45, 7) is 34.0. The Morgan fingerprint density at radius 3 is 1.01 bits per heavy atom. The predicted molar refractivity (Wildman–Crippen MR) is 569 cm³/mol. The van der Waals surface area contributed by atoms with Crippen LogP contribution in [-0.4, -0.2) is 25.3 Å². The van der Waals surface area contributed by atoms with Crippen LogP contribution in [0.15, 0.2) is 401 Å². The van der Waals surface area contributed by atoms with Gasteiger partial charge in [-0.2, -0.15) is 0 Å². The van der Waals surface area contributed by atoms with Crippen molar-refractivity contribution in [3.05, 3.63) is 443 Å². The van der Waals surface area contributed by atoms with E-state index in [0.29, 0.717) is 23.3 Å². The molecule has 14 nitrogen and oxygen atoms in total. The Kier molecular flexibility index (Phi) is 28.6. The first kappa shape index (κ1) is 95.3. The molecule has 0 aliphatic carbocycles. The maximum absolute atomic E-state index is 6.09. The minimum atomic E-state index is -0.00480. The molecule has 10 heterocycles. The van der Waals surface area contributed by atoms with Crippen molar-refractivity contribution in [2.75, 3.05) is 39.2 Å². The van der Waals surface area contributed by atoms with E-state index in [4.69, 9.17) is 8.83 Å². The number of anilines is 8. The third-order valence-corrected chi connectivity index (χ3v) is 25.9. The van der Waals surface area contributed by atoms with Crippen LogP contribution in [0.3, 0.4) is 0 Å². The van der Waals surface area contributed by atoms with Crippen LogP contribution in [0.25, 0.3) is 55.5 Å². The molecule has 17 aromatic rings. The van der Waals surface area contributed by atoms with Crippen molar-refractivity contribution in [2.45, 2.75) is 158 Å². The summed E-state index contributed by atoms with van der Waals surface area (Å²) < 4.78 is 16.6. The molecule has 4 unspecified atom stereocenters. The van der Waals surface area contributed by atoms with E-state index in [-0.39, 0.29) is 59.8 Å². The van der Waals surface area contributed by atoms with Gasteiger partial charge in [0.05, 0.1) is 11.4 Å². The first-order valence-electron chi connectivity index (χ1n) is 45.5. The van der Waals surface area contributed by atoms with E-state index >= 15 is 0 Å². The number of pyridine rings is 2. The molecule has 0 saturated heterocycles. The smallest absolute Gasteiger partial charge is 0.227 e. The van der Waals surface area contributed by atoms with E-state index in [1.54, 1.807) is 12.4 Å². The zero-order chi connectivity index (χ0) is 90.3. The Hall–Kier alpha value is -14.8. The third kappa shape index (κ3) is 17.7. The molecule has 6 aromatic heterocycles. The van der Waals surface area contributed by atoms with Gasteiger partial charge in [0.2, 0.25) is 11.4 Å². The van der Waals surface area contributed by atoms with Crippen LogP contribution < -0.4 is 39.2 Å². The summed E-state index contributed by atoms with van der Waals surface area (Å²) in [7, 11) is 4.23. The normalized spacial score (nSPS) is 16.1. The molecule has 21 rings (SSSR count). The number of fused-ring (bicyclic) bond motifs is 6. The number of benzene rings is 11. The van der Waals surface area contributed by atoms with Crippen molar-refractivity contribution in [2.24, 2.45) is 31.3 Å². The second-order valence-corrected chi connectivity index (χ2v) is 36.3. The summed E-state index contributed by atoms with van der Waals surface area (Å²) in [4.78, 5) is 28.9. The summed E-state index contributed by atoms with van der Waals surface area (Å²) in [6.07, 6.45) is 7.99. The topological polar surface area (TPSA) is 87.8 Å². The van der Waals surface area contributed by atoms with Gasteiger partial charge in [0.1, 0.15) is 47.5 Å². The van der Waals surface area contributed by atoms with E-state index in [1.807, 2.05) is 12.1 Å². The first-order chi connectivity index (χ1) is 63.1. The third-order valence-electron chi connectivity index (χ3n) is 25.9. The van der Waals surface area contributed by atoms with Crippen molar-refractivity contribution in [1.82, 2.24) is 19.1 Å². The van der Waals surface area contributed by atoms with E-state index in [0.717, 1.165) is 32.7 Å². The maximum Gasteiger partial charge on any atom is 0.227 e. The van der Waals surface area contributed by atoms with Gasteiger partial charge in [-0.1, -0.05) is 290 Å². The summed E-state index contributed by atoms with van der Waals surface area (Å²) in [6, 6.07) is 118. The van der Waals surface area contributed by atoms with Crippen LogP contribution in [0, 0.1) is 44.9 Å². The number of aromatic nitrogens is 4. The minimum absolute atomic E-state index is 0. The van der Waals surface area contributed by atoms with Gasteiger partial charge in [0, 0.05) is 140 Å². The Morgan fingerprint density at radius 1 is 0.299 bits per heavy atom. The minimum Gasteiger partial charge on any atom is -0.438 e. The lowest BCUT2D eigenvalue weighted by Gasteiger charge is -2.43. The quantitative estimate of drug-likeness (QED) is 0.0979. The summed E-state index contributed by atoms with van der Waals surface area (Å²) in [5.41, 5.74) is 31.9. The predicted octanol–water partition coefficient (Wildman–Crippen LogP) is 32.1. The lowest BCUT2D eigenvalue weighted by molar-refractivity contribution is 0.320. The first-order valence-corrected chi connectivity index (χ1v) is 45.5. The van der Waals surface area contributed by atoms with Gasteiger partial charge in [-0.05, 0) is 233 Å². The second-order valence-electron chi connectivity index (χ2n) is 36.3. The van der Waals surface area contributed by atoms with Crippen LogP contribution in [-0.2, 0) is 14.1 Å². The fourth-order valence-electron chi connectivity index (χ4n) is 20.4. The fraction of sp³-hybridized carbons (Fsp3) is 0.233. The molecule has 4 aliphatic heterocycles. The van der Waals surface area contributed by atoms with Gasteiger partial charge >= 0.3 is 0 Å². The number of nitrogens with zero attached hydrogens (tertiary/aromatic N) is 12. The van der Waals surface area contributed by atoms with Crippen LogP contribution >= 0.6 is 0 Å². The fourth-order valence-corrected chi connectivity index (χ4v) is 20.4. The molecular weight excluding hydrogens is 1640 g/mol. The molecule has 0 bridgehead atoms. The number of furan rings is 2. The van der Waals surface area contributed by atoms with Gasteiger partial charge in [-0.3, -0.25) is 0 Å². The Morgan fingerprint density at radius 2 is 0.634 bits per heavy atom. The van der Waals surface area contributed by atoms with Gasteiger partial charge in [-0.15, -0.1) is 0 Å². The number of hydrogen-bond donors (Lipinski definition) is 0. The molecule has 0 radical (unpaired) electrons. The zero-order valence-electron chi connectivity index (χ0n) is 77.7. The van der Waals surface area contributed by atoms with Gasteiger partial charge in [-0.25, -0.2) is 9.97 Å². The lowest BCUT2D eigenvalue weighted by Crippen LogP contribution is -2.50. The van der Waals surface area contributed by atoms with Crippen molar-refractivity contribution in [3.8, 4) is 0 Å². The zero-order valence-corrected chi connectivity index (χ0v) is 77.7. The Balaban J connectivity index is 0.000000142. The molecule has 4 atom stereocenters. The molecule has 0 amide bonds. The number of allylic oxidation sites excluding steroid dienone is 6. The van der Waals surface area contributed by atoms with Crippen LogP contribution in [0.5, 0.6) is 0 Å². The number of hydrogen-bond acceptors (Lipinski definition) is 12. The number of para-hydroxylation sites is 4. The van der Waals surface area contributed by atoms with Crippen LogP contribution in [0.4, 0.5) is 45.8 Å². The second kappa shape index (κ2) is 40.1. The molecular formula is C120H132N12O2. The monoisotopic (exact) mass is 1770 g/mol. The molecule has 11 aromatic carbocycles. The highest BCUT2D eigenvalue weighted by molar-refractivity contribution is 6.07. The van der Waals surface area contributed by atoms with Crippen LogP contribution in [0.2, 0.25) is 0 Å². The maximum atomic E-state index is 6.09. The average molecular weight is 1770 g/mol. The molecule has 684 valence electrons. The van der Waals surface area contributed by atoms with Crippen molar-refractivity contribution < 1.29 is 8.83 Å². The highest BCUT2D eigenvalue weighted by Crippen LogP contribution is 2.55. The van der Waals surface area contributed by atoms with E-state index in [9.17, 15) is 0 Å². The van der Waals surface area contributed by atoms with E-state index in [1.165, 1.54) is 141 Å². The molecule has 4 aliphatic rings. The largest absolute Gasteiger partial charge is 0.438 e. The number of rotatable bonds is 15. The van der Waals surface area contributed by atoms with Gasteiger partial charge in [0.25, 0.3) is 0 Å². The van der Waals surface area contributed by atoms with E-state index < -0.39 is 0 Å². The molecule has 14 heteroatoms. The molecule has 0 N–H and O–H groups in total.